The Balaban J connectivity index is 1.27. The monoisotopic (exact) mass is 554 g/mol. The highest BCUT2D eigenvalue weighted by atomic mass is 79.9. The average molecular weight is 555 g/mol. The number of methoxy groups -OCH3 is 1. The molecule has 0 fully saturated rings. The van der Waals surface area contributed by atoms with E-state index in [1.165, 1.54) is 0 Å². The Morgan fingerprint density at radius 3 is 2.35 bits per heavy atom. The lowest BCUT2D eigenvalue weighted by Gasteiger charge is -2.38. The first-order chi connectivity index (χ1) is 18.1. The molecule has 6 rings (SSSR count). The van der Waals surface area contributed by atoms with Gasteiger partial charge in [-0.15, -0.1) is 0 Å². The molecule has 2 aliphatic heterocycles. The van der Waals surface area contributed by atoms with E-state index in [0.717, 1.165) is 44.8 Å². The van der Waals surface area contributed by atoms with Crippen molar-refractivity contribution >= 4 is 27.6 Å². The number of halogens is 1. The zero-order valence-electron chi connectivity index (χ0n) is 20.0. The summed E-state index contributed by atoms with van der Waals surface area (Å²) >= 11 is 3.38. The maximum atomic E-state index is 12.5. The standard InChI is InChI=1S/C30H23BrN2O4/c1-35-23-14-8-19(9-15-23)26-18-27-25-4-2-3-5-28(25)37-29(33(27)32-26)20-10-16-24(17-11-20)36-30(34)21-6-12-22(31)13-7-21/h2-17,27,29H,18H2,1H3/t27-,29+/m1/s1. The summed E-state index contributed by atoms with van der Waals surface area (Å²) in [5.74, 6) is 1.72. The number of benzene rings is 4. The molecule has 0 saturated heterocycles. The molecule has 2 heterocycles. The molecular weight excluding hydrogens is 532 g/mol. The molecule has 6 nitrogen and oxygen atoms in total. The second-order valence-electron chi connectivity index (χ2n) is 8.85. The fraction of sp³-hybridized carbons (Fsp3) is 0.133. The first kappa shape index (κ1) is 23.3. The van der Waals surface area contributed by atoms with Gasteiger partial charge in [-0.2, -0.15) is 5.10 Å². The molecule has 0 aliphatic carbocycles. The molecule has 0 saturated carbocycles. The fourth-order valence-corrected chi connectivity index (χ4v) is 4.93. The van der Waals surface area contributed by atoms with Crippen LogP contribution in [0.2, 0.25) is 0 Å². The molecule has 37 heavy (non-hydrogen) atoms. The summed E-state index contributed by atoms with van der Waals surface area (Å²) in [5.41, 5.74) is 4.58. The molecule has 0 aromatic heterocycles. The van der Waals surface area contributed by atoms with Crippen molar-refractivity contribution in [2.24, 2.45) is 5.10 Å². The quantitative estimate of drug-likeness (QED) is 0.198. The second kappa shape index (κ2) is 9.75. The Morgan fingerprint density at radius 1 is 0.919 bits per heavy atom. The Labute approximate surface area is 223 Å². The van der Waals surface area contributed by atoms with E-state index in [9.17, 15) is 4.79 Å². The molecule has 0 spiro atoms. The van der Waals surface area contributed by atoms with Gasteiger partial charge in [-0.3, -0.25) is 0 Å². The molecular formula is C30H23BrN2O4. The third-order valence-electron chi connectivity index (χ3n) is 6.58. The molecule has 7 heteroatoms. The van der Waals surface area contributed by atoms with E-state index in [1.54, 1.807) is 31.4 Å². The molecule has 0 N–H and O–H groups in total. The molecule has 0 unspecified atom stereocenters. The summed E-state index contributed by atoms with van der Waals surface area (Å²) in [6.45, 7) is 0. The van der Waals surface area contributed by atoms with Crippen LogP contribution in [-0.2, 0) is 0 Å². The van der Waals surface area contributed by atoms with Crippen molar-refractivity contribution in [3.05, 3.63) is 124 Å². The van der Waals surface area contributed by atoms with E-state index in [1.807, 2.05) is 71.7 Å². The molecule has 4 aromatic carbocycles. The maximum absolute atomic E-state index is 12.5. The van der Waals surface area contributed by atoms with Crippen molar-refractivity contribution in [3.8, 4) is 17.2 Å². The normalized spacial score (nSPS) is 17.8. The molecule has 184 valence electrons. The van der Waals surface area contributed by atoms with E-state index >= 15 is 0 Å². The van der Waals surface area contributed by atoms with Crippen molar-refractivity contribution in [1.82, 2.24) is 5.01 Å². The van der Waals surface area contributed by atoms with Crippen LogP contribution in [0.3, 0.4) is 0 Å². The van der Waals surface area contributed by atoms with Gasteiger partial charge in [0.1, 0.15) is 17.2 Å². The van der Waals surface area contributed by atoms with Crippen LogP contribution in [0.25, 0.3) is 0 Å². The predicted octanol–water partition coefficient (Wildman–Crippen LogP) is 6.92. The van der Waals surface area contributed by atoms with Gasteiger partial charge in [0, 0.05) is 22.0 Å². The molecule has 0 amide bonds. The number of carbonyl (C=O) groups excluding carboxylic acids is 1. The van der Waals surface area contributed by atoms with E-state index in [2.05, 4.69) is 22.0 Å². The van der Waals surface area contributed by atoms with Gasteiger partial charge in [0.15, 0.2) is 0 Å². The number of rotatable bonds is 5. The minimum atomic E-state index is -0.410. The van der Waals surface area contributed by atoms with E-state index in [0.29, 0.717) is 11.3 Å². The molecule has 0 bridgehead atoms. The van der Waals surface area contributed by atoms with E-state index in [-0.39, 0.29) is 6.04 Å². The highest BCUT2D eigenvalue weighted by Gasteiger charge is 2.40. The van der Waals surface area contributed by atoms with Crippen LogP contribution in [0.15, 0.2) is 107 Å². The fourth-order valence-electron chi connectivity index (χ4n) is 4.66. The highest BCUT2D eigenvalue weighted by molar-refractivity contribution is 9.10. The Hall–Kier alpha value is -4.10. The summed E-state index contributed by atoms with van der Waals surface area (Å²) in [7, 11) is 1.66. The van der Waals surface area contributed by atoms with Crippen LogP contribution in [0, 0.1) is 0 Å². The Morgan fingerprint density at radius 2 is 1.62 bits per heavy atom. The van der Waals surface area contributed by atoms with Crippen molar-refractivity contribution in [1.29, 1.82) is 0 Å². The SMILES string of the molecule is COc1ccc(C2=NN3[C@H](C2)c2ccccc2O[C@H]3c2ccc(OC(=O)c3ccc(Br)cc3)cc2)cc1. The van der Waals surface area contributed by atoms with E-state index in [4.69, 9.17) is 19.3 Å². The van der Waals surface area contributed by atoms with Crippen molar-refractivity contribution < 1.29 is 19.0 Å². The summed E-state index contributed by atoms with van der Waals surface area (Å²) in [6, 6.07) is 30.6. The van der Waals surface area contributed by atoms with Crippen molar-refractivity contribution in [3.63, 3.8) is 0 Å². The summed E-state index contributed by atoms with van der Waals surface area (Å²) in [4.78, 5) is 12.5. The molecule has 4 aromatic rings. The third-order valence-corrected chi connectivity index (χ3v) is 7.11. The van der Waals surface area contributed by atoms with Gasteiger partial charge in [-0.1, -0.05) is 34.1 Å². The summed E-state index contributed by atoms with van der Waals surface area (Å²) < 4.78 is 18.2. The Bertz CT molecular complexity index is 1470. The highest BCUT2D eigenvalue weighted by Crippen LogP contribution is 2.47. The minimum absolute atomic E-state index is 0.0574. The number of para-hydroxylation sites is 1. The van der Waals surface area contributed by atoms with Crippen LogP contribution >= 0.6 is 15.9 Å². The number of hydrogen-bond donors (Lipinski definition) is 0. The smallest absolute Gasteiger partial charge is 0.343 e. The lowest BCUT2D eigenvalue weighted by atomic mass is 9.96. The van der Waals surface area contributed by atoms with Gasteiger partial charge in [0.25, 0.3) is 0 Å². The van der Waals surface area contributed by atoms with Gasteiger partial charge < -0.3 is 14.2 Å². The topological polar surface area (TPSA) is 60.4 Å². The summed E-state index contributed by atoms with van der Waals surface area (Å²) in [5, 5.41) is 7.04. The minimum Gasteiger partial charge on any atom is -0.497 e. The Kier molecular flexibility index (Phi) is 6.14. The largest absolute Gasteiger partial charge is 0.497 e. The number of fused-ring (bicyclic) bond motifs is 3. The first-order valence-corrected chi connectivity index (χ1v) is 12.7. The average Bonchev–Trinajstić information content (AvgIpc) is 3.39. The number of nitrogens with zero attached hydrogens (tertiary/aromatic N) is 2. The number of hydrazone groups is 1. The van der Waals surface area contributed by atoms with Crippen LogP contribution in [0.4, 0.5) is 0 Å². The number of ether oxygens (including phenoxy) is 3. The van der Waals surface area contributed by atoms with Crippen molar-refractivity contribution in [2.75, 3.05) is 7.11 Å². The van der Waals surface area contributed by atoms with Crippen LogP contribution in [0.1, 0.15) is 45.7 Å². The maximum Gasteiger partial charge on any atom is 0.343 e. The van der Waals surface area contributed by atoms with Gasteiger partial charge in [0.2, 0.25) is 6.23 Å². The lowest BCUT2D eigenvalue weighted by molar-refractivity contribution is -0.0190. The van der Waals surface area contributed by atoms with Crippen molar-refractivity contribution in [2.45, 2.75) is 18.7 Å². The van der Waals surface area contributed by atoms with E-state index < -0.39 is 12.2 Å². The van der Waals surface area contributed by atoms with Gasteiger partial charge in [-0.25, -0.2) is 9.80 Å². The zero-order valence-corrected chi connectivity index (χ0v) is 21.6. The molecule has 0 radical (unpaired) electrons. The second-order valence-corrected chi connectivity index (χ2v) is 9.76. The number of esters is 1. The molecule has 2 atom stereocenters. The van der Waals surface area contributed by atoms with Crippen LogP contribution in [0.5, 0.6) is 17.2 Å². The summed E-state index contributed by atoms with van der Waals surface area (Å²) in [6.07, 6.45) is 0.360. The van der Waals surface area contributed by atoms with Gasteiger partial charge in [0.05, 0.1) is 24.4 Å². The number of hydrogen-bond acceptors (Lipinski definition) is 6. The lowest BCUT2D eigenvalue weighted by Crippen LogP contribution is -2.33. The van der Waals surface area contributed by atoms with Crippen LogP contribution in [-0.4, -0.2) is 23.8 Å². The first-order valence-electron chi connectivity index (χ1n) is 11.9. The van der Waals surface area contributed by atoms with Crippen LogP contribution < -0.4 is 14.2 Å². The van der Waals surface area contributed by atoms with Gasteiger partial charge >= 0.3 is 5.97 Å². The van der Waals surface area contributed by atoms with Gasteiger partial charge in [-0.05, 0) is 84.4 Å². The molecule has 2 aliphatic rings. The zero-order chi connectivity index (χ0) is 25.4. The number of carbonyl (C=O) groups is 1. The third kappa shape index (κ3) is 4.58. The predicted molar refractivity (Wildman–Crippen MR) is 144 cm³/mol.